The normalized spacial score (nSPS) is 16.0. The van der Waals surface area contributed by atoms with Gasteiger partial charge < -0.3 is 14.2 Å². The number of hydrogen-bond donors (Lipinski definition) is 1. The summed E-state index contributed by atoms with van der Waals surface area (Å²) in [4.78, 5) is 39.0. The van der Waals surface area contributed by atoms with E-state index in [0.717, 1.165) is 10.5 Å². The first-order valence-corrected chi connectivity index (χ1v) is 11.5. The van der Waals surface area contributed by atoms with Crippen molar-refractivity contribution in [1.29, 1.82) is 0 Å². The van der Waals surface area contributed by atoms with Crippen LogP contribution >= 0.6 is 27.5 Å². The Morgan fingerprint density at radius 3 is 2.57 bits per heavy atom. The van der Waals surface area contributed by atoms with Crippen LogP contribution in [-0.4, -0.2) is 24.6 Å². The highest BCUT2D eigenvalue weighted by Gasteiger charge is 2.37. The van der Waals surface area contributed by atoms with Crippen molar-refractivity contribution in [2.45, 2.75) is 6.61 Å². The monoisotopic (exact) mass is 554 g/mol. The smallest absolute Gasteiger partial charge is 0.335 e. The summed E-state index contributed by atoms with van der Waals surface area (Å²) in [5.41, 5.74) is 1.44. The van der Waals surface area contributed by atoms with Crippen molar-refractivity contribution >= 4 is 57.1 Å². The average molecular weight is 556 g/mol. The van der Waals surface area contributed by atoms with Crippen molar-refractivity contribution in [3.8, 4) is 17.2 Å². The Balaban J connectivity index is 1.42. The first-order valence-electron chi connectivity index (χ1n) is 10.4. The summed E-state index contributed by atoms with van der Waals surface area (Å²) >= 11 is 9.87. The van der Waals surface area contributed by atoms with Crippen LogP contribution in [0.1, 0.15) is 11.1 Å². The van der Waals surface area contributed by atoms with E-state index in [1.807, 2.05) is 30.3 Å². The molecule has 0 unspecified atom stereocenters. The molecule has 4 amide bonds. The zero-order valence-corrected chi connectivity index (χ0v) is 20.3. The van der Waals surface area contributed by atoms with Gasteiger partial charge in [-0.3, -0.25) is 14.9 Å². The van der Waals surface area contributed by atoms with E-state index in [4.69, 9.17) is 25.8 Å². The van der Waals surface area contributed by atoms with Crippen molar-refractivity contribution in [1.82, 2.24) is 5.32 Å². The number of carbonyl (C=O) groups is 3. The molecule has 0 aromatic heterocycles. The maximum absolute atomic E-state index is 13.2. The van der Waals surface area contributed by atoms with Gasteiger partial charge in [0.1, 0.15) is 12.2 Å². The molecule has 3 aromatic carbocycles. The van der Waals surface area contributed by atoms with Crippen molar-refractivity contribution in [3.63, 3.8) is 0 Å². The predicted octanol–water partition coefficient (Wildman–Crippen LogP) is 5.08. The minimum absolute atomic E-state index is 0.0449. The second-order valence-electron chi connectivity index (χ2n) is 7.58. The number of urea groups is 1. The summed E-state index contributed by atoms with van der Waals surface area (Å²) in [6.07, 6.45) is 1.36. The largest absolute Gasteiger partial charge is 0.486 e. The molecule has 1 saturated heterocycles. The van der Waals surface area contributed by atoms with Crippen LogP contribution in [0.5, 0.6) is 17.2 Å². The number of imide groups is 2. The highest BCUT2D eigenvalue weighted by atomic mass is 79.9. The molecular formula is C25H16BrClN2O6. The number of hydrogen-bond acceptors (Lipinski definition) is 6. The maximum Gasteiger partial charge on any atom is 0.335 e. The minimum Gasteiger partial charge on any atom is -0.486 e. The summed E-state index contributed by atoms with van der Waals surface area (Å²) in [5, 5.41) is 2.48. The molecule has 1 fully saturated rings. The number of carbonyl (C=O) groups excluding carboxylic acids is 3. The number of barbiturate groups is 1. The van der Waals surface area contributed by atoms with E-state index >= 15 is 0 Å². The van der Waals surface area contributed by atoms with Gasteiger partial charge in [0, 0.05) is 6.07 Å². The molecule has 0 spiro atoms. The second-order valence-corrected chi connectivity index (χ2v) is 8.84. The van der Waals surface area contributed by atoms with E-state index in [9.17, 15) is 14.4 Å². The van der Waals surface area contributed by atoms with E-state index in [-0.39, 0.29) is 23.1 Å². The second kappa shape index (κ2) is 9.44. The number of anilines is 1. The number of rotatable bonds is 5. The number of amides is 4. The molecule has 0 atom stereocenters. The third kappa shape index (κ3) is 4.60. The first kappa shape index (κ1) is 22.9. The minimum atomic E-state index is -0.861. The van der Waals surface area contributed by atoms with Crippen LogP contribution in [0.15, 0.2) is 70.7 Å². The van der Waals surface area contributed by atoms with Gasteiger partial charge in [0.05, 0.1) is 15.2 Å². The van der Waals surface area contributed by atoms with Gasteiger partial charge in [0.25, 0.3) is 11.8 Å². The Morgan fingerprint density at radius 2 is 1.80 bits per heavy atom. The molecule has 2 heterocycles. The highest BCUT2D eigenvalue weighted by Crippen LogP contribution is 2.38. The SMILES string of the molecule is O=C1NC(=O)N(c2ccc3c(c2)OCO3)C(=O)/C1=C/c1cc(Cl)c(OCc2ccccc2)c(Br)c1. The van der Waals surface area contributed by atoms with E-state index in [1.54, 1.807) is 18.2 Å². The third-order valence-electron chi connectivity index (χ3n) is 5.27. The Morgan fingerprint density at radius 1 is 1.03 bits per heavy atom. The molecule has 3 aromatic rings. The molecule has 2 aliphatic rings. The van der Waals surface area contributed by atoms with Crippen molar-refractivity contribution in [3.05, 3.63) is 86.9 Å². The molecule has 10 heteroatoms. The van der Waals surface area contributed by atoms with Crippen LogP contribution in [0.2, 0.25) is 5.02 Å². The molecule has 0 bridgehead atoms. The van der Waals surface area contributed by atoms with Crippen LogP contribution in [-0.2, 0) is 16.2 Å². The lowest BCUT2D eigenvalue weighted by molar-refractivity contribution is -0.122. The zero-order valence-electron chi connectivity index (χ0n) is 17.9. The fraction of sp³-hybridized carbons (Fsp3) is 0.0800. The molecule has 0 radical (unpaired) electrons. The standard InChI is InChI=1S/C25H16BrClN2O6/c26-18-9-15(10-19(27)22(18)33-12-14-4-2-1-3-5-14)8-17-23(30)28-25(32)29(24(17)31)16-6-7-20-21(11-16)35-13-34-20/h1-11H,12-13H2,(H,28,30,32)/b17-8+. The van der Waals surface area contributed by atoms with Crippen LogP contribution in [0.3, 0.4) is 0 Å². The van der Waals surface area contributed by atoms with Gasteiger partial charge in [-0.1, -0.05) is 41.9 Å². The Kier molecular flexibility index (Phi) is 6.19. The summed E-state index contributed by atoms with van der Waals surface area (Å²) < 4.78 is 17.0. The van der Waals surface area contributed by atoms with E-state index in [0.29, 0.717) is 33.9 Å². The van der Waals surface area contributed by atoms with Gasteiger partial charge in [-0.2, -0.15) is 0 Å². The predicted molar refractivity (Wildman–Crippen MR) is 131 cm³/mol. The number of nitrogens with zero attached hydrogens (tertiary/aromatic N) is 1. The maximum atomic E-state index is 13.2. The van der Waals surface area contributed by atoms with Gasteiger partial charge >= 0.3 is 6.03 Å². The third-order valence-corrected chi connectivity index (χ3v) is 6.14. The van der Waals surface area contributed by atoms with E-state index in [1.165, 1.54) is 18.2 Å². The Labute approximate surface area is 213 Å². The van der Waals surface area contributed by atoms with E-state index < -0.39 is 17.8 Å². The number of halogens is 2. The van der Waals surface area contributed by atoms with Gasteiger partial charge in [-0.25, -0.2) is 9.69 Å². The van der Waals surface area contributed by atoms with Gasteiger partial charge in [-0.05, 0) is 57.4 Å². The number of ether oxygens (including phenoxy) is 3. The van der Waals surface area contributed by atoms with Crippen LogP contribution in [0.25, 0.3) is 6.08 Å². The van der Waals surface area contributed by atoms with Gasteiger partial charge in [0.15, 0.2) is 17.2 Å². The van der Waals surface area contributed by atoms with Crippen molar-refractivity contribution in [2.75, 3.05) is 11.7 Å². The molecule has 1 N–H and O–H groups in total. The molecular weight excluding hydrogens is 540 g/mol. The lowest BCUT2D eigenvalue weighted by Crippen LogP contribution is -2.54. The first-order chi connectivity index (χ1) is 16.9. The number of fused-ring (bicyclic) bond motifs is 1. The van der Waals surface area contributed by atoms with Gasteiger partial charge in [0.2, 0.25) is 6.79 Å². The van der Waals surface area contributed by atoms with Crippen molar-refractivity contribution < 1.29 is 28.6 Å². The summed E-state index contributed by atoms with van der Waals surface area (Å²) in [6.45, 7) is 0.357. The molecule has 0 aliphatic carbocycles. The summed E-state index contributed by atoms with van der Waals surface area (Å²) in [6, 6.07) is 16.6. The average Bonchev–Trinajstić information content (AvgIpc) is 3.30. The fourth-order valence-corrected chi connectivity index (χ4v) is 4.60. The number of benzene rings is 3. The summed E-state index contributed by atoms with van der Waals surface area (Å²) in [5.74, 6) is -0.274. The molecule has 5 rings (SSSR count). The van der Waals surface area contributed by atoms with Crippen LogP contribution in [0.4, 0.5) is 10.5 Å². The van der Waals surface area contributed by atoms with Crippen LogP contribution in [0, 0.1) is 0 Å². The lowest BCUT2D eigenvalue weighted by Gasteiger charge is -2.26. The topological polar surface area (TPSA) is 94.2 Å². The quantitative estimate of drug-likeness (QED) is 0.349. The highest BCUT2D eigenvalue weighted by molar-refractivity contribution is 9.10. The van der Waals surface area contributed by atoms with Gasteiger partial charge in [-0.15, -0.1) is 0 Å². The fourth-order valence-electron chi connectivity index (χ4n) is 3.61. The van der Waals surface area contributed by atoms with E-state index in [2.05, 4.69) is 21.2 Å². The molecule has 2 aliphatic heterocycles. The Bertz CT molecular complexity index is 1370. The lowest BCUT2D eigenvalue weighted by atomic mass is 10.1. The Hall–Kier alpha value is -3.82. The molecule has 8 nitrogen and oxygen atoms in total. The van der Waals surface area contributed by atoms with Crippen molar-refractivity contribution in [2.24, 2.45) is 0 Å². The molecule has 176 valence electrons. The zero-order chi connectivity index (χ0) is 24.5. The molecule has 35 heavy (non-hydrogen) atoms. The number of nitrogens with one attached hydrogen (secondary N) is 1. The molecule has 0 saturated carbocycles. The van der Waals surface area contributed by atoms with Crippen LogP contribution < -0.4 is 24.4 Å². The summed E-state index contributed by atoms with van der Waals surface area (Å²) in [7, 11) is 0.